The number of carbonyl (C=O) groups excluding carboxylic acids is 14. The number of carbonyl (C=O) groups is 16. The van der Waals surface area contributed by atoms with Gasteiger partial charge in [0, 0.05) is 51.9 Å². The van der Waals surface area contributed by atoms with E-state index in [-0.39, 0.29) is 177 Å². The summed E-state index contributed by atoms with van der Waals surface area (Å²) in [6.07, 6.45) is -1.46. The number of carboxylic acid groups (broad SMARTS) is 2. The van der Waals surface area contributed by atoms with E-state index < -0.39 is 192 Å². The smallest absolute Gasteiger partial charge is 0.326 e. The Kier molecular flexibility index (Phi) is 39.9. The molecule has 2 aromatic carbocycles. The Morgan fingerprint density at radius 1 is 0.479 bits per heavy atom. The Morgan fingerprint density at radius 3 is 1.34 bits per heavy atom. The van der Waals surface area contributed by atoms with E-state index in [1.165, 1.54) is 53.4 Å². The highest BCUT2D eigenvalue weighted by atomic mass is 16.4. The molecular formula is C78H121N21O20. The van der Waals surface area contributed by atoms with Crippen LogP contribution in [-0.2, 0) is 89.6 Å². The number of aromatic hydroxyl groups is 2. The molecular weight excluding hydrogens is 1550 g/mol. The van der Waals surface area contributed by atoms with Crippen LogP contribution < -0.4 is 92.9 Å². The van der Waals surface area contributed by atoms with Crippen molar-refractivity contribution in [1.82, 2.24) is 68.3 Å². The van der Waals surface area contributed by atoms with Crippen LogP contribution in [0, 0.1) is 17.8 Å². The molecule has 0 spiro atoms. The van der Waals surface area contributed by atoms with Crippen molar-refractivity contribution in [2.75, 3.05) is 32.7 Å². The number of guanidine groups is 2. The third-order valence-electron chi connectivity index (χ3n) is 20.5. The normalized spacial score (nSPS) is 17.8. The number of phenolic OH excluding ortho intramolecular Hbond substituents is 2. The summed E-state index contributed by atoms with van der Waals surface area (Å²) < 4.78 is 0. The van der Waals surface area contributed by atoms with Gasteiger partial charge in [-0.15, -0.1) is 0 Å². The summed E-state index contributed by atoms with van der Waals surface area (Å²) in [4.78, 5) is 234. The molecule has 0 bridgehead atoms. The summed E-state index contributed by atoms with van der Waals surface area (Å²) in [5.41, 5.74) is 34.9. The van der Waals surface area contributed by atoms with Crippen molar-refractivity contribution in [1.29, 1.82) is 0 Å². The first-order valence-electron chi connectivity index (χ1n) is 40.3. The fourth-order valence-corrected chi connectivity index (χ4v) is 14.0. The molecule has 3 aliphatic heterocycles. The number of carboxylic acids is 2. The molecule has 3 aliphatic rings. The second kappa shape index (κ2) is 48.7. The van der Waals surface area contributed by atoms with E-state index in [4.69, 9.17) is 34.4 Å². The van der Waals surface area contributed by atoms with E-state index in [0.717, 1.165) is 4.90 Å². The SMILES string of the molecule is CC[C@H](C)[C@H](NC(=O)[C@H](Cc1ccc(O)cc1)NC(=O)[C@@H]1CCCN1C(=O)[C@H](CCCN=C(N)N)NC(=O)[C@H](CCCN=C(N)N)NC(=O)[C@@H]1CCCN1C(=O)[C@H](CCCCN)NC(=O)[C@H](CC(N)=O)NC(=O)[C@H](CCC(=O)O)NC(=O)[C@H](Cc1ccc(O)cc1)NC(=O)[C@H](CC(C)C)NC(=O)[C@H]1CCC(=O)N1)C(=O)N[C@@H](CC(C)C)C(=O)O. The van der Waals surface area contributed by atoms with Crippen LogP contribution >= 0.6 is 0 Å². The number of nitrogens with two attached hydrogens (primary N) is 6. The molecule has 658 valence electrons. The number of aliphatic carboxylic acids is 2. The Morgan fingerprint density at radius 2 is 0.882 bits per heavy atom. The largest absolute Gasteiger partial charge is 0.508 e. The van der Waals surface area contributed by atoms with Gasteiger partial charge in [0.2, 0.25) is 82.7 Å². The average Bonchev–Trinajstić information content (AvgIpc) is 1.76. The van der Waals surface area contributed by atoms with Gasteiger partial charge in [-0.25, -0.2) is 4.79 Å². The number of rotatable bonds is 50. The second-order valence-electron chi connectivity index (χ2n) is 31.1. The van der Waals surface area contributed by atoms with E-state index in [2.05, 4.69) is 68.5 Å². The lowest BCUT2D eigenvalue weighted by molar-refractivity contribution is -0.144. The van der Waals surface area contributed by atoms with Crippen LogP contribution in [0.3, 0.4) is 0 Å². The highest BCUT2D eigenvalue weighted by Crippen LogP contribution is 2.25. The minimum Gasteiger partial charge on any atom is -0.508 e. The maximum Gasteiger partial charge on any atom is 0.326 e. The molecule has 14 amide bonds. The third-order valence-corrected chi connectivity index (χ3v) is 20.5. The summed E-state index contributed by atoms with van der Waals surface area (Å²) in [5, 5.41) is 68.7. The van der Waals surface area contributed by atoms with E-state index >= 15 is 9.59 Å². The quantitative estimate of drug-likeness (QED) is 0.0172. The lowest BCUT2D eigenvalue weighted by atomic mass is 9.96. The first-order chi connectivity index (χ1) is 56.3. The predicted molar refractivity (Wildman–Crippen MR) is 433 cm³/mol. The molecule has 0 aliphatic carbocycles. The summed E-state index contributed by atoms with van der Waals surface area (Å²) in [6, 6.07) is -7.40. The standard InChI is InChI=1S/C78H121N21O20/c1-7-43(6)63(73(115)96-57(76(118)119)37-42(4)5)97-70(112)55(39-45-21-25-47(101)26-22-45)95-72(114)59-18-13-35-99(59)75(117)52(16-11-33-86-78(83)84)90-64(106)48(15-10-32-85-77(81)82)89-71(113)58-17-12-34-98(58)74(116)51(14-8-9-31-79)91-69(111)56(40-60(80)102)94-66(108)50(28-30-62(104)105)88-68(110)54(38-44-19-23-46(100)24-20-44)93-67(109)53(36-41(2)3)92-65(107)49-27-29-61(103)87-49/h19-26,41-43,48-59,63,100-101H,7-18,27-40,79H2,1-6H3,(H2,80,102)(H,87,103)(H,88,110)(H,89,113)(H,90,106)(H,91,111)(H,92,107)(H,93,109)(H,94,108)(H,95,114)(H,96,115)(H,97,112)(H,104,105)(H,118,119)(H4,81,82,85)(H4,83,84,86)/t43-,48-,49+,50-,51-,52-,53-,54-,55-,56-,57-,58-,59-,63-/m0/s1. The Labute approximate surface area is 690 Å². The van der Waals surface area contributed by atoms with E-state index in [0.29, 0.717) is 24.0 Å². The number of hydrogen-bond acceptors (Lipinski definition) is 21. The summed E-state index contributed by atoms with van der Waals surface area (Å²) in [6.45, 7) is 10.5. The van der Waals surface area contributed by atoms with E-state index in [1.54, 1.807) is 41.5 Å². The van der Waals surface area contributed by atoms with Crippen molar-refractivity contribution < 1.29 is 97.1 Å². The Balaban J connectivity index is 1.41. The lowest BCUT2D eigenvalue weighted by Crippen LogP contribution is -2.61. The zero-order chi connectivity index (χ0) is 88.3. The highest BCUT2D eigenvalue weighted by Gasteiger charge is 2.44. The number of primary amides is 1. The van der Waals surface area contributed by atoms with Crippen molar-refractivity contribution in [3.63, 3.8) is 0 Å². The van der Waals surface area contributed by atoms with Crippen LogP contribution in [0.4, 0.5) is 0 Å². The maximum absolute atomic E-state index is 15.1. The van der Waals surface area contributed by atoms with Crippen molar-refractivity contribution in [3.8, 4) is 11.5 Å². The monoisotopic (exact) mass is 1670 g/mol. The molecule has 0 radical (unpaired) electrons. The van der Waals surface area contributed by atoms with E-state index in [1.807, 2.05) is 0 Å². The highest BCUT2D eigenvalue weighted by molar-refractivity contribution is 6.01. The molecule has 14 atom stereocenters. The molecule has 27 N–H and O–H groups in total. The van der Waals surface area contributed by atoms with Gasteiger partial charge in [0.05, 0.1) is 6.42 Å². The lowest BCUT2D eigenvalue weighted by Gasteiger charge is -2.32. The van der Waals surface area contributed by atoms with Gasteiger partial charge < -0.3 is 123 Å². The fourth-order valence-electron chi connectivity index (χ4n) is 14.0. The van der Waals surface area contributed by atoms with Crippen LogP contribution in [0.2, 0.25) is 0 Å². The topological polar surface area (TPSA) is 674 Å². The third kappa shape index (κ3) is 32.8. The molecule has 41 heteroatoms. The second-order valence-corrected chi connectivity index (χ2v) is 31.1. The Bertz CT molecular complexity index is 3910. The molecule has 3 fully saturated rings. The number of likely N-dealkylation sites (tertiary alicyclic amines) is 2. The molecule has 119 heavy (non-hydrogen) atoms. The van der Waals surface area contributed by atoms with Crippen molar-refractivity contribution in [2.24, 2.45) is 62.1 Å². The number of unbranched alkanes of at least 4 members (excludes halogenated alkanes) is 1. The van der Waals surface area contributed by atoms with Gasteiger partial charge in [-0.3, -0.25) is 81.9 Å². The predicted octanol–water partition coefficient (Wildman–Crippen LogP) is -3.81. The van der Waals surface area contributed by atoms with Crippen LogP contribution in [0.5, 0.6) is 11.5 Å². The van der Waals surface area contributed by atoms with Gasteiger partial charge in [0.1, 0.15) is 90.0 Å². The molecule has 0 saturated carbocycles. The summed E-state index contributed by atoms with van der Waals surface area (Å²) >= 11 is 0. The van der Waals surface area contributed by atoms with Gasteiger partial charge in [-0.05, 0) is 156 Å². The zero-order valence-corrected chi connectivity index (χ0v) is 68.3. The minimum absolute atomic E-state index is 0.00423. The summed E-state index contributed by atoms with van der Waals surface area (Å²) in [5.74, 6) is -16.7. The Hall–Kier alpha value is -11.9. The van der Waals surface area contributed by atoms with Gasteiger partial charge in [-0.2, -0.15) is 0 Å². The van der Waals surface area contributed by atoms with Crippen molar-refractivity contribution in [2.45, 2.75) is 255 Å². The first kappa shape index (κ1) is 97.6. The first-order valence-corrected chi connectivity index (χ1v) is 40.3. The van der Waals surface area contributed by atoms with Crippen molar-refractivity contribution in [3.05, 3.63) is 59.7 Å². The maximum atomic E-state index is 15.1. The molecule has 0 unspecified atom stereocenters. The number of hydrogen-bond donors (Lipinski definition) is 21. The molecule has 2 aromatic rings. The van der Waals surface area contributed by atoms with Crippen LogP contribution in [0.15, 0.2) is 58.5 Å². The number of amides is 14. The minimum atomic E-state index is -1.93. The number of phenols is 2. The molecule has 41 nitrogen and oxygen atoms in total. The van der Waals surface area contributed by atoms with Gasteiger partial charge in [0.25, 0.3) is 0 Å². The van der Waals surface area contributed by atoms with E-state index in [9.17, 15) is 87.5 Å². The van der Waals surface area contributed by atoms with Gasteiger partial charge >= 0.3 is 11.9 Å². The molecule has 3 saturated heterocycles. The average molecular weight is 1670 g/mol. The molecule has 5 rings (SSSR count). The number of benzene rings is 2. The number of nitrogens with one attached hydrogen (secondary N) is 11. The van der Waals surface area contributed by atoms with Gasteiger partial charge in [-0.1, -0.05) is 72.2 Å². The van der Waals surface area contributed by atoms with Gasteiger partial charge in [0.15, 0.2) is 11.9 Å². The summed E-state index contributed by atoms with van der Waals surface area (Å²) in [7, 11) is 0. The van der Waals surface area contributed by atoms with Crippen LogP contribution in [0.25, 0.3) is 0 Å². The molecule has 3 heterocycles. The van der Waals surface area contributed by atoms with Crippen LogP contribution in [0.1, 0.15) is 175 Å². The van der Waals surface area contributed by atoms with Crippen molar-refractivity contribution >= 4 is 107 Å². The van der Waals surface area contributed by atoms with Crippen LogP contribution in [-0.4, -0.2) is 248 Å². The zero-order valence-electron chi connectivity index (χ0n) is 68.3. The number of nitrogens with zero attached hydrogens (tertiary/aromatic N) is 4. The number of aliphatic imine (C=N–C) groups is 2. The molecule has 0 aromatic heterocycles. The fraction of sp³-hybridized carbons (Fsp3) is 0.615.